The second kappa shape index (κ2) is 10.4. The maximum absolute atomic E-state index is 5.76. The van der Waals surface area contributed by atoms with Crippen molar-refractivity contribution in [1.29, 1.82) is 0 Å². The Balaban J connectivity index is 1.80. The Bertz CT molecular complexity index is 755. The van der Waals surface area contributed by atoms with Gasteiger partial charge >= 0.3 is 0 Å². The lowest BCUT2D eigenvalue weighted by Crippen LogP contribution is -2.38. The van der Waals surface area contributed by atoms with E-state index in [0.717, 1.165) is 48.4 Å². The van der Waals surface area contributed by atoms with Crippen LogP contribution in [-0.4, -0.2) is 42.5 Å². The van der Waals surface area contributed by atoms with Crippen LogP contribution in [0.15, 0.2) is 29.3 Å². The number of aryl methyl sites for hydroxylation is 2. The van der Waals surface area contributed by atoms with Gasteiger partial charge in [0.25, 0.3) is 0 Å². The molecule has 0 aliphatic rings. The van der Waals surface area contributed by atoms with Crippen molar-refractivity contribution in [3.63, 3.8) is 0 Å². The maximum Gasteiger partial charge on any atom is 0.191 e. The summed E-state index contributed by atoms with van der Waals surface area (Å²) in [5.41, 5.74) is 3.36. The zero-order valence-electron chi connectivity index (χ0n) is 17.0. The molecule has 1 aromatic heterocycles. The van der Waals surface area contributed by atoms with E-state index in [1.807, 2.05) is 42.9 Å². The number of rotatable bonds is 9. The minimum atomic E-state index is 0.612. The highest BCUT2D eigenvalue weighted by atomic mass is 16.5. The summed E-state index contributed by atoms with van der Waals surface area (Å²) in [6.45, 7) is 8.98. The summed E-state index contributed by atoms with van der Waals surface area (Å²) in [6.07, 6.45) is 0.868. The van der Waals surface area contributed by atoms with Gasteiger partial charge in [0.15, 0.2) is 5.96 Å². The second-order valence-corrected chi connectivity index (χ2v) is 6.28. The van der Waals surface area contributed by atoms with E-state index in [-0.39, 0.29) is 0 Å². The minimum absolute atomic E-state index is 0.612. The van der Waals surface area contributed by atoms with Gasteiger partial charge in [0.2, 0.25) is 0 Å². The highest BCUT2D eigenvalue weighted by Crippen LogP contribution is 2.18. The van der Waals surface area contributed by atoms with Gasteiger partial charge in [-0.1, -0.05) is 6.07 Å². The van der Waals surface area contributed by atoms with Crippen LogP contribution < -0.4 is 20.1 Å². The average Bonchev–Trinajstić information content (AvgIpc) is 2.91. The van der Waals surface area contributed by atoms with Crippen LogP contribution in [0.5, 0.6) is 11.5 Å². The Hall–Kier alpha value is -2.70. The molecule has 0 amide bonds. The number of ether oxygens (including phenoxy) is 2. The zero-order valence-corrected chi connectivity index (χ0v) is 17.0. The van der Waals surface area contributed by atoms with Crippen LogP contribution in [0.3, 0.4) is 0 Å². The van der Waals surface area contributed by atoms with Gasteiger partial charge in [-0.05, 0) is 39.3 Å². The van der Waals surface area contributed by atoms with E-state index in [1.165, 1.54) is 5.56 Å². The van der Waals surface area contributed by atoms with Crippen LogP contribution >= 0.6 is 0 Å². The minimum Gasteiger partial charge on any atom is -0.497 e. The molecule has 0 saturated heterocycles. The molecular weight excluding hydrogens is 342 g/mol. The summed E-state index contributed by atoms with van der Waals surface area (Å²) < 4.78 is 12.9. The molecule has 0 radical (unpaired) electrons. The predicted molar refractivity (Wildman–Crippen MR) is 109 cm³/mol. The van der Waals surface area contributed by atoms with Gasteiger partial charge in [-0.2, -0.15) is 5.10 Å². The standard InChI is InChI=1S/C20H31N5O2/c1-6-21-20(23-14-19-15(2)24-25(4)16(19)3)22-11-8-12-27-18-10-7-9-17(13-18)26-5/h7,9-10,13H,6,8,11-12,14H2,1-5H3,(H2,21,22,23). The van der Waals surface area contributed by atoms with Crippen LogP contribution in [0.4, 0.5) is 0 Å². The van der Waals surface area contributed by atoms with Gasteiger partial charge in [-0.3, -0.25) is 4.68 Å². The van der Waals surface area contributed by atoms with Crippen molar-refractivity contribution in [3.8, 4) is 11.5 Å². The van der Waals surface area contributed by atoms with Crippen molar-refractivity contribution < 1.29 is 9.47 Å². The number of nitrogens with zero attached hydrogens (tertiary/aromatic N) is 3. The van der Waals surface area contributed by atoms with E-state index in [0.29, 0.717) is 13.2 Å². The lowest BCUT2D eigenvalue weighted by atomic mass is 10.2. The number of benzene rings is 1. The Morgan fingerprint density at radius 1 is 1.22 bits per heavy atom. The third-order valence-electron chi connectivity index (χ3n) is 4.32. The van der Waals surface area contributed by atoms with Crippen molar-refractivity contribution in [3.05, 3.63) is 41.2 Å². The molecule has 2 aromatic rings. The molecule has 1 aromatic carbocycles. The molecule has 1 heterocycles. The first kappa shape index (κ1) is 20.6. The molecule has 0 fully saturated rings. The summed E-state index contributed by atoms with van der Waals surface area (Å²) in [5.74, 6) is 2.42. The molecule has 2 rings (SSSR count). The molecule has 7 heteroatoms. The van der Waals surface area contributed by atoms with Crippen molar-refractivity contribution in [2.75, 3.05) is 26.8 Å². The quantitative estimate of drug-likeness (QED) is 0.402. The molecule has 27 heavy (non-hydrogen) atoms. The second-order valence-electron chi connectivity index (χ2n) is 6.28. The average molecular weight is 374 g/mol. The number of nitrogens with one attached hydrogen (secondary N) is 2. The Morgan fingerprint density at radius 2 is 2.00 bits per heavy atom. The highest BCUT2D eigenvalue weighted by Gasteiger charge is 2.08. The van der Waals surface area contributed by atoms with Gasteiger partial charge in [0.1, 0.15) is 11.5 Å². The highest BCUT2D eigenvalue weighted by molar-refractivity contribution is 5.79. The topological polar surface area (TPSA) is 72.7 Å². The molecule has 0 spiro atoms. The van der Waals surface area contributed by atoms with Crippen LogP contribution in [0, 0.1) is 13.8 Å². The molecule has 0 aliphatic heterocycles. The Kier molecular flexibility index (Phi) is 7.98. The van der Waals surface area contributed by atoms with E-state index < -0.39 is 0 Å². The number of guanidine groups is 1. The van der Waals surface area contributed by atoms with Gasteiger partial charge in [-0.15, -0.1) is 0 Å². The third-order valence-corrected chi connectivity index (χ3v) is 4.32. The number of methoxy groups -OCH3 is 1. The number of hydrogen-bond acceptors (Lipinski definition) is 4. The smallest absolute Gasteiger partial charge is 0.191 e. The van der Waals surface area contributed by atoms with Crippen molar-refractivity contribution in [1.82, 2.24) is 20.4 Å². The molecule has 2 N–H and O–H groups in total. The predicted octanol–water partition coefficient (Wildman–Crippen LogP) is 2.57. The first-order valence-corrected chi connectivity index (χ1v) is 9.33. The van der Waals surface area contributed by atoms with Gasteiger partial charge in [0.05, 0.1) is 26.0 Å². The van der Waals surface area contributed by atoms with Crippen LogP contribution in [0.1, 0.15) is 30.3 Å². The van der Waals surface area contributed by atoms with Gasteiger partial charge in [0, 0.05) is 37.5 Å². The Morgan fingerprint density at radius 3 is 2.67 bits per heavy atom. The molecule has 0 bridgehead atoms. The molecule has 7 nitrogen and oxygen atoms in total. The third kappa shape index (κ3) is 6.20. The van der Waals surface area contributed by atoms with Crippen molar-refractivity contribution in [2.24, 2.45) is 12.0 Å². The van der Waals surface area contributed by atoms with E-state index in [1.54, 1.807) is 7.11 Å². The van der Waals surface area contributed by atoms with E-state index in [4.69, 9.17) is 9.47 Å². The first-order valence-electron chi connectivity index (χ1n) is 9.33. The van der Waals surface area contributed by atoms with E-state index in [2.05, 4.69) is 34.6 Å². The number of aliphatic imine (C=N–C) groups is 1. The first-order chi connectivity index (χ1) is 13.0. The van der Waals surface area contributed by atoms with Crippen LogP contribution in [-0.2, 0) is 13.6 Å². The summed E-state index contributed by atoms with van der Waals surface area (Å²) in [5, 5.41) is 11.1. The van der Waals surface area contributed by atoms with Crippen LogP contribution in [0.25, 0.3) is 0 Å². The number of hydrogen-bond donors (Lipinski definition) is 2. The van der Waals surface area contributed by atoms with Crippen LogP contribution in [0.2, 0.25) is 0 Å². The van der Waals surface area contributed by atoms with Gasteiger partial charge in [-0.25, -0.2) is 4.99 Å². The lowest BCUT2D eigenvalue weighted by Gasteiger charge is -2.12. The molecule has 0 saturated carbocycles. The molecule has 0 atom stereocenters. The molecule has 0 unspecified atom stereocenters. The fraction of sp³-hybridized carbons (Fsp3) is 0.500. The summed E-state index contributed by atoms with van der Waals surface area (Å²) in [6, 6.07) is 7.64. The molecule has 0 aliphatic carbocycles. The maximum atomic E-state index is 5.76. The fourth-order valence-electron chi connectivity index (χ4n) is 2.71. The number of aromatic nitrogens is 2. The van der Waals surface area contributed by atoms with Crippen molar-refractivity contribution in [2.45, 2.75) is 33.7 Å². The molecular formula is C20H31N5O2. The Labute approximate surface area is 161 Å². The fourth-order valence-corrected chi connectivity index (χ4v) is 2.71. The van der Waals surface area contributed by atoms with Gasteiger partial charge < -0.3 is 20.1 Å². The summed E-state index contributed by atoms with van der Waals surface area (Å²) in [4.78, 5) is 4.68. The molecule has 148 valence electrons. The zero-order chi connectivity index (χ0) is 19.6. The normalized spacial score (nSPS) is 11.4. The lowest BCUT2D eigenvalue weighted by molar-refractivity contribution is 0.308. The van der Waals surface area contributed by atoms with E-state index >= 15 is 0 Å². The summed E-state index contributed by atoms with van der Waals surface area (Å²) >= 11 is 0. The summed E-state index contributed by atoms with van der Waals surface area (Å²) in [7, 11) is 3.61. The SMILES string of the molecule is CCNC(=NCc1c(C)nn(C)c1C)NCCCOc1cccc(OC)c1. The largest absolute Gasteiger partial charge is 0.497 e. The van der Waals surface area contributed by atoms with Crippen molar-refractivity contribution >= 4 is 5.96 Å². The monoisotopic (exact) mass is 373 g/mol. The van der Waals surface area contributed by atoms with E-state index in [9.17, 15) is 0 Å².